The molecule has 1 heterocycles. The third kappa shape index (κ3) is 3.01. The van der Waals surface area contributed by atoms with Gasteiger partial charge in [-0.3, -0.25) is 9.89 Å². The van der Waals surface area contributed by atoms with Crippen LogP contribution in [0.1, 0.15) is 49.8 Å². The number of amides is 1. The van der Waals surface area contributed by atoms with Crippen molar-refractivity contribution in [1.29, 1.82) is 0 Å². The van der Waals surface area contributed by atoms with Crippen molar-refractivity contribution in [2.75, 3.05) is 12.3 Å². The molecule has 1 unspecified atom stereocenters. The molecule has 0 aliphatic carbocycles. The lowest BCUT2D eigenvalue weighted by molar-refractivity contribution is 0.0882. The summed E-state index contributed by atoms with van der Waals surface area (Å²) in [6.07, 6.45) is 1.93. The molecule has 0 aliphatic rings. The third-order valence-corrected chi connectivity index (χ3v) is 3.31. The summed E-state index contributed by atoms with van der Waals surface area (Å²) in [5.41, 5.74) is 6.80. The van der Waals surface area contributed by atoms with E-state index in [0.717, 1.165) is 12.1 Å². The van der Waals surface area contributed by atoms with Crippen LogP contribution < -0.4 is 11.1 Å². The van der Waals surface area contributed by atoms with Gasteiger partial charge in [0.05, 0.1) is 11.4 Å². The number of rotatable bonds is 6. The highest BCUT2D eigenvalue weighted by atomic mass is 16.3. The fraction of sp³-hybridized carbons (Fsp3) is 0.667. The second-order valence-electron chi connectivity index (χ2n) is 4.66. The van der Waals surface area contributed by atoms with Crippen LogP contribution in [-0.2, 0) is 6.42 Å². The predicted molar refractivity (Wildman–Crippen MR) is 70.2 cm³/mol. The zero-order valence-corrected chi connectivity index (χ0v) is 11.2. The highest BCUT2D eigenvalue weighted by Gasteiger charge is 2.26. The maximum atomic E-state index is 12.1. The molecule has 5 N–H and O–H groups in total. The van der Waals surface area contributed by atoms with Gasteiger partial charge in [-0.1, -0.05) is 13.8 Å². The number of carbonyl (C=O) groups is 1. The first-order valence-electron chi connectivity index (χ1n) is 6.23. The second-order valence-corrected chi connectivity index (χ2v) is 4.66. The lowest BCUT2D eigenvalue weighted by Crippen LogP contribution is -2.46. The number of hydrogen-bond acceptors (Lipinski definition) is 4. The SMILES string of the molecule is CCc1[nH]nc(C(=O)NC(C)(CC)CCO)c1N. The molecular formula is C12H22N4O2. The van der Waals surface area contributed by atoms with Crippen molar-refractivity contribution in [3.8, 4) is 0 Å². The van der Waals surface area contributed by atoms with Crippen LogP contribution in [0.4, 0.5) is 5.69 Å². The smallest absolute Gasteiger partial charge is 0.274 e. The molecule has 0 fully saturated rings. The number of nitrogen functional groups attached to an aromatic ring is 1. The molecule has 0 aliphatic heterocycles. The number of hydrogen-bond donors (Lipinski definition) is 4. The van der Waals surface area contributed by atoms with Gasteiger partial charge in [0.25, 0.3) is 5.91 Å². The molecule has 0 aromatic carbocycles. The van der Waals surface area contributed by atoms with Crippen LogP contribution in [0.3, 0.4) is 0 Å². The number of nitrogens with zero attached hydrogens (tertiary/aromatic N) is 1. The topological polar surface area (TPSA) is 104 Å². The lowest BCUT2D eigenvalue weighted by atomic mass is 9.94. The molecule has 1 aromatic rings. The van der Waals surface area contributed by atoms with Crippen molar-refractivity contribution in [3.63, 3.8) is 0 Å². The maximum Gasteiger partial charge on any atom is 0.274 e. The van der Waals surface area contributed by atoms with Crippen LogP contribution in [0.15, 0.2) is 0 Å². The van der Waals surface area contributed by atoms with Gasteiger partial charge in [-0.05, 0) is 26.2 Å². The monoisotopic (exact) mass is 254 g/mol. The van der Waals surface area contributed by atoms with E-state index in [4.69, 9.17) is 10.8 Å². The fourth-order valence-corrected chi connectivity index (χ4v) is 1.74. The third-order valence-electron chi connectivity index (χ3n) is 3.31. The fourth-order valence-electron chi connectivity index (χ4n) is 1.74. The van der Waals surface area contributed by atoms with E-state index >= 15 is 0 Å². The Bertz CT molecular complexity index is 416. The summed E-state index contributed by atoms with van der Waals surface area (Å²) in [5.74, 6) is -0.304. The highest BCUT2D eigenvalue weighted by Crippen LogP contribution is 2.18. The van der Waals surface area contributed by atoms with Crippen molar-refractivity contribution in [2.24, 2.45) is 0 Å². The van der Waals surface area contributed by atoms with Crippen LogP contribution in [0.25, 0.3) is 0 Å². The number of nitrogens with one attached hydrogen (secondary N) is 2. The minimum Gasteiger partial charge on any atom is -0.396 e. The van der Waals surface area contributed by atoms with Gasteiger partial charge in [0.1, 0.15) is 0 Å². The largest absolute Gasteiger partial charge is 0.396 e. The van der Waals surface area contributed by atoms with Gasteiger partial charge in [-0.15, -0.1) is 0 Å². The van der Waals surface area contributed by atoms with Gasteiger partial charge in [0.15, 0.2) is 5.69 Å². The number of H-pyrrole nitrogens is 1. The highest BCUT2D eigenvalue weighted by molar-refractivity contribution is 5.98. The van der Waals surface area contributed by atoms with Crippen LogP contribution in [-0.4, -0.2) is 33.4 Å². The summed E-state index contributed by atoms with van der Waals surface area (Å²) in [7, 11) is 0. The van der Waals surface area contributed by atoms with Crippen LogP contribution in [0.5, 0.6) is 0 Å². The number of aromatic nitrogens is 2. The molecule has 0 saturated carbocycles. The van der Waals surface area contributed by atoms with Gasteiger partial charge in [0.2, 0.25) is 0 Å². The quantitative estimate of drug-likeness (QED) is 0.603. The Morgan fingerprint density at radius 1 is 1.56 bits per heavy atom. The number of carbonyl (C=O) groups excluding carboxylic acids is 1. The molecule has 1 atom stereocenters. The number of aliphatic hydroxyl groups is 1. The Morgan fingerprint density at radius 2 is 2.22 bits per heavy atom. The number of aryl methyl sites for hydroxylation is 1. The van der Waals surface area contributed by atoms with Gasteiger partial charge < -0.3 is 16.2 Å². The minimum atomic E-state index is -0.441. The number of aliphatic hydroxyl groups excluding tert-OH is 1. The zero-order valence-electron chi connectivity index (χ0n) is 11.2. The molecule has 6 heteroatoms. The molecule has 0 saturated heterocycles. The first kappa shape index (κ1) is 14.5. The van der Waals surface area contributed by atoms with Gasteiger partial charge in [0, 0.05) is 12.1 Å². The van der Waals surface area contributed by atoms with Crippen LogP contribution in [0.2, 0.25) is 0 Å². The van der Waals surface area contributed by atoms with Crippen molar-refractivity contribution < 1.29 is 9.90 Å². The van der Waals surface area contributed by atoms with Crippen LogP contribution in [0, 0.1) is 0 Å². The molecule has 0 bridgehead atoms. The first-order valence-corrected chi connectivity index (χ1v) is 6.23. The summed E-state index contributed by atoms with van der Waals surface area (Å²) in [6, 6.07) is 0. The van der Waals surface area contributed by atoms with E-state index in [0.29, 0.717) is 18.5 Å². The molecule has 6 nitrogen and oxygen atoms in total. The van der Waals surface area contributed by atoms with E-state index in [1.165, 1.54) is 0 Å². The average molecular weight is 254 g/mol. The average Bonchev–Trinajstić information content (AvgIpc) is 2.70. The standard InChI is InChI=1S/C12H22N4O2/c1-4-8-9(13)10(16-15-8)11(18)14-12(3,5-2)6-7-17/h17H,4-7,13H2,1-3H3,(H,14,18)(H,15,16). The van der Waals surface area contributed by atoms with E-state index in [-0.39, 0.29) is 18.2 Å². The van der Waals surface area contributed by atoms with E-state index in [2.05, 4.69) is 15.5 Å². The Hall–Kier alpha value is -1.56. The van der Waals surface area contributed by atoms with Crippen molar-refractivity contribution in [3.05, 3.63) is 11.4 Å². The molecule has 102 valence electrons. The normalized spacial score (nSPS) is 14.2. The molecule has 0 spiro atoms. The Morgan fingerprint density at radius 3 is 2.67 bits per heavy atom. The maximum absolute atomic E-state index is 12.1. The predicted octanol–water partition coefficient (Wildman–Crippen LogP) is 0.835. The summed E-state index contributed by atoms with van der Waals surface area (Å²) in [6.45, 7) is 5.82. The van der Waals surface area contributed by atoms with E-state index in [1.54, 1.807) is 0 Å². The molecule has 1 aromatic heterocycles. The summed E-state index contributed by atoms with van der Waals surface area (Å²) in [4.78, 5) is 12.1. The molecule has 1 rings (SSSR count). The Kier molecular flexibility index (Phi) is 4.72. The van der Waals surface area contributed by atoms with Crippen molar-refractivity contribution >= 4 is 11.6 Å². The second kappa shape index (κ2) is 5.86. The summed E-state index contributed by atoms with van der Waals surface area (Å²) >= 11 is 0. The molecule has 1 amide bonds. The van der Waals surface area contributed by atoms with Crippen LogP contribution >= 0.6 is 0 Å². The number of anilines is 1. The molecule has 0 radical (unpaired) electrons. The van der Waals surface area contributed by atoms with Gasteiger partial charge in [-0.2, -0.15) is 5.10 Å². The van der Waals surface area contributed by atoms with Crippen molar-refractivity contribution in [2.45, 2.75) is 45.6 Å². The molecule has 18 heavy (non-hydrogen) atoms. The Balaban J connectivity index is 2.84. The minimum absolute atomic E-state index is 0.0286. The first-order chi connectivity index (χ1) is 8.47. The number of nitrogens with two attached hydrogens (primary N) is 1. The number of aromatic amines is 1. The van der Waals surface area contributed by atoms with E-state index in [1.807, 2.05) is 20.8 Å². The summed E-state index contributed by atoms with van der Waals surface area (Å²) < 4.78 is 0. The van der Waals surface area contributed by atoms with E-state index < -0.39 is 5.54 Å². The zero-order chi connectivity index (χ0) is 13.8. The molecular weight excluding hydrogens is 232 g/mol. The van der Waals surface area contributed by atoms with Gasteiger partial charge in [-0.25, -0.2) is 0 Å². The Labute approximate surface area is 107 Å². The van der Waals surface area contributed by atoms with Crippen molar-refractivity contribution in [1.82, 2.24) is 15.5 Å². The van der Waals surface area contributed by atoms with Gasteiger partial charge >= 0.3 is 0 Å². The lowest BCUT2D eigenvalue weighted by Gasteiger charge is -2.28. The summed E-state index contributed by atoms with van der Waals surface area (Å²) in [5, 5.41) is 18.6. The van der Waals surface area contributed by atoms with E-state index in [9.17, 15) is 4.79 Å².